The Morgan fingerprint density at radius 3 is 2.85 bits per heavy atom. The summed E-state index contributed by atoms with van der Waals surface area (Å²) in [6.07, 6.45) is 4.38. The summed E-state index contributed by atoms with van der Waals surface area (Å²) in [6.45, 7) is 3.51. The number of benzene rings is 1. The van der Waals surface area contributed by atoms with E-state index in [0.29, 0.717) is 29.5 Å². The third-order valence-electron chi connectivity index (χ3n) is 5.80. The second kappa shape index (κ2) is 8.99. The normalized spacial score (nSPS) is 15.6. The number of pyridine rings is 2. The summed E-state index contributed by atoms with van der Waals surface area (Å²) >= 11 is 0. The number of amides is 1. The van der Waals surface area contributed by atoms with Crippen LogP contribution in [0.4, 0.5) is 10.1 Å². The van der Waals surface area contributed by atoms with Crippen LogP contribution < -0.4 is 10.1 Å². The van der Waals surface area contributed by atoms with Crippen molar-refractivity contribution in [3.63, 3.8) is 0 Å². The van der Waals surface area contributed by atoms with Crippen LogP contribution in [0.1, 0.15) is 39.8 Å². The van der Waals surface area contributed by atoms with Crippen molar-refractivity contribution in [2.24, 2.45) is 0 Å². The summed E-state index contributed by atoms with van der Waals surface area (Å²) in [5.41, 5.74) is 4.34. The van der Waals surface area contributed by atoms with Gasteiger partial charge in [0, 0.05) is 36.2 Å². The molecule has 0 radical (unpaired) electrons. The van der Waals surface area contributed by atoms with Gasteiger partial charge in [0.15, 0.2) is 0 Å². The summed E-state index contributed by atoms with van der Waals surface area (Å²) in [7, 11) is 0. The summed E-state index contributed by atoms with van der Waals surface area (Å²) in [4.78, 5) is 21.4. The fourth-order valence-electron chi connectivity index (χ4n) is 3.97. The van der Waals surface area contributed by atoms with Crippen molar-refractivity contribution in [2.45, 2.75) is 25.9 Å². The van der Waals surface area contributed by atoms with E-state index in [2.05, 4.69) is 10.3 Å². The molecular formula is C25H23FN4O3. The van der Waals surface area contributed by atoms with E-state index in [-0.39, 0.29) is 18.2 Å². The van der Waals surface area contributed by atoms with E-state index in [1.54, 1.807) is 24.3 Å². The van der Waals surface area contributed by atoms with E-state index < -0.39 is 5.82 Å². The first-order chi connectivity index (χ1) is 16.1. The molecule has 1 unspecified atom stereocenters. The van der Waals surface area contributed by atoms with Gasteiger partial charge in [-0.3, -0.25) is 9.78 Å². The minimum Gasteiger partial charge on any atom is -0.487 e. The molecule has 168 valence electrons. The summed E-state index contributed by atoms with van der Waals surface area (Å²) in [5.74, 6) is 0.189. The molecule has 1 aliphatic rings. The number of hydrogen-bond acceptors (Lipinski definition) is 5. The van der Waals surface area contributed by atoms with Crippen molar-refractivity contribution >= 4 is 17.2 Å². The van der Waals surface area contributed by atoms with E-state index in [1.807, 2.05) is 29.7 Å². The second-order valence-corrected chi connectivity index (χ2v) is 7.99. The van der Waals surface area contributed by atoms with Gasteiger partial charge in [-0.2, -0.15) is 0 Å². The highest BCUT2D eigenvalue weighted by molar-refractivity contribution is 6.04. The average molecular weight is 446 g/mol. The van der Waals surface area contributed by atoms with Crippen molar-refractivity contribution in [1.82, 2.24) is 14.4 Å². The number of imidazole rings is 1. The monoisotopic (exact) mass is 446 g/mol. The van der Waals surface area contributed by atoms with Gasteiger partial charge in [0.1, 0.15) is 29.5 Å². The number of halogens is 1. The maximum Gasteiger partial charge on any atom is 0.255 e. The van der Waals surface area contributed by atoms with Gasteiger partial charge in [-0.15, -0.1) is 0 Å². The Balaban J connectivity index is 1.26. The topological polar surface area (TPSA) is 77.8 Å². The molecule has 8 heteroatoms. The molecule has 1 N–H and O–H groups in total. The lowest BCUT2D eigenvalue weighted by Crippen LogP contribution is -2.12. The van der Waals surface area contributed by atoms with Crippen LogP contribution in [0, 0.1) is 12.7 Å². The molecule has 1 fully saturated rings. The smallest absolute Gasteiger partial charge is 0.255 e. The second-order valence-electron chi connectivity index (χ2n) is 7.99. The van der Waals surface area contributed by atoms with Crippen LogP contribution in [0.25, 0.3) is 5.65 Å². The molecule has 1 aliphatic heterocycles. The molecule has 7 nitrogen and oxygen atoms in total. The van der Waals surface area contributed by atoms with E-state index in [9.17, 15) is 9.18 Å². The Kier molecular flexibility index (Phi) is 5.75. The first-order valence-corrected chi connectivity index (χ1v) is 10.8. The van der Waals surface area contributed by atoms with Crippen molar-refractivity contribution in [3.05, 3.63) is 89.4 Å². The molecule has 1 amide bonds. The fourth-order valence-corrected chi connectivity index (χ4v) is 3.97. The number of nitrogens with one attached hydrogen (secondary N) is 1. The molecule has 0 spiro atoms. The Labute approximate surface area is 190 Å². The van der Waals surface area contributed by atoms with Crippen LogP contribution in [0.5, 0.6) is 5.75 Å². The molecule has 0 bridgehead atoms. The molecule has 1 atom stereocenters. The predicted octanol–water partition coefficient (Wildman–Crippen LogP) is 4.51. The molecule has 3 aromatic heterocycles. The highest BCUT2D eigenvalue weighted by Crippen LogP contribution is 2.28. The number of nitrogens with zero attached hydrogens (tertiary/aromatic N) is 3. The molecule has 1 saturated heterocycles. The van der Waals surface area contributed by atoms with Gasteiger partial charge in [-0.25, -0.2) is 9.37 Å². The Hall–Kier alpha value is -3.78. The molecule has 4 aromatic rings. The van der Waals surface area contributed by atoms with Crippen molar-refractivity contribution in [2.75, 3.05) is 18.5 Å². The number of carbonyl (C=O) groups excluding carboxylic acids is 1. The van der Waals surface area contributed by atoms with Gasteiger partial charge in [-0.05, 0) is 61.9 Å². The summed E-state index contributed by atoms with van der Waals surface area (Å²) < 4.78 is 26.7. The molecule has 33 heavy (non-hydrogen) atoms. The average Bonchev–Trinajstić information content (AvgIpc) is 3.47. The maximum atomic E-state index is 13.7. The van der Waals surface area contributed by atoms with Gasteiger partial charge in [0.05, 0.1) is 18.0 Å². The summed E-state index contributed by atoms with van der Waals surface area (Å²) in [5, 5.41) is 2.93. The third-order valence-corrected chi connectivity index (χ3v) is 5.80. The number of rotatable bonds is 6. The Bertz CT molecular complexity index is 1300. The van der Waals surface area contributed by atoms with Crippen LogP contribution >= 0.6 is 0 Å². The fraction of sp³-hybridized carbons (Fsp3) is 0.240. The molecule has 0 aliphatic carbocycles. The van der Waals surface area contributed by atoms with Crippen molar-refractivity contribution in [3.8, 4) is 5.75 Å². The number of anilines is 1. The standard InChI is InChI=1S/C25H23FN4O3/c1-16-24(18-10-12-32-14-18)29-23-9-6-19(13-30(16)23)28-25(31)17-4-7-20(8-5-17)33-15-22-21(26)3-2-11-27-22/h2-9,11,13,18H,10,12,14-15H2,1H3,(H,28,31). The minimum absolute atomic E-state index is 0.0114. The highest BCUT2D eigenvalue weighted by Gasteiger charge is 2.23. The lowest BCUT2D eigenvalue weighted by atomic mass is 10.0. The zero-order valence-corrected chi connectivity index (χ0v) is 18.1. The number of aryl methyl sites for hydroxylation is 1. The largest absolute Gasteiger partial charge is 0.487 e. The van der Waals surface area contributed by atoms with Gasteiger partial charge < -0.3 is 19.2 Å². The first kappa shape index (κ1) is 21.1. The van der Waals surface area contributed by atoms with Crippen molar-refractivity contribution < 1.29 is 18.7 Å². The number of ether oxygens (including phenoxy) is 2. The van der Waals surface area contributed by atoms with Crippen LogP contribution in [0.3, 0.4) is 0 Å². The van der Waals surface area contributed by atoms with Gasteiger partial charge in [-0.1, -0.05) is 0 Å². The molecule has 5 rings (SSSR count). The van der Waals surface area contributed by atoms with Gasteiger partial charge in [0.2, 0.25) is 0 Å². The third kappa shape index (κ3) is 4.42. The Morgan fingerprint density at radius 2 is 2.09 bits per heavy atom. The van der Waals surface area contributed by atoms with Gasteiger partial charge >= 0.3 is 0 Å². The van der Waals surface area contributed by atoms with E-state index >= 15 is 0 Å². The van der Waals surface area contributed by atoms with Crippen molar-refractivity contribution in [1.29, 1.82) is 0 Å². The number of aromatic nitrogens is 3. The van der Waals surface area contributed by atoms with Gasteiger partial charge in [0.25, 0.3) is 5.91 Å². The van der Waals surface area contributed by atoms with Crippen LogP contribution in [-0.2, 0) is 11.3 Å². The molecular weight excluding hydrogens is 423 g/mol. The molecule has 1 aromatic carbocycles. The zero-order chi connectivity index (χ0) is 22.8. The zero-order valence-electron chi connectivity index (χ0n) is 18.1. The van der Waals surface area contributed by atoms with Crippen LogP contribution in [0.2, 0.25) is 0 Å². The maximum absolute atomic E-state index is 13.7. The van der Waals surface area contributed by atoms with E-state index in [4.69, 9.17) is 14.5 Å². The quantitative estimate of drug-likeness (QED) is 0.472. The first-order valence-electron chi connectivity index (χ1n) is 10.8. The lowest BCUT2D eigenvalue weighted by Gasteiger charge is -2.09. The Morgan fingerprint density at radius 1 is 1.24 bits per heavy atom. The highest BCUT2D eigenvalue weighted by atomic mass is 19.1. The lowest BCUT2D eigenvalue weighted by molar-refractivity contribution is 0.102. The minimum atomic E-state index is -0.415. The van der Waals surface area contributed by atoms with Crippen LogP contribution in [-0.4, -0.2) is 33.5 Å². The van der Waals surface area contributed by atoms with E-state index in [0.717, 1.165) is 30.1 Å². The molecule has 0 saturated carbocycles. The number of fused-ring (bicyclic) bond motifs is 1. The molecule has 4 heterocycles. The summed E-state index contributed by atoms with van der Waals surface area (Å²) in [6, 6.07) is 13.3. The van der Waals surface area contributed by atoms with Crippen LogP contribution in [0.15, 0.2) is 60.9 Å². The SMILES string of the molecule is Cc1c(C2CCOC2)nc2ccc(NC(=O)c3ccc(OCc4ncccc4F)cc3)cn12. The number of carbonyl (C=O) groups is 1. The van der Waals surface area contributed by atoms with E-state index in [1.165, 1.54) is 18.3 Å². The number of hydrogen-bond donors (Lipinski definition) is 1. The predicted molar refractivity (Wildman–Crippen MR) is 121 cm³/mol.